The van der Waals surface area contributed by atoms with Crippen molar-refractivity contribution >= 4 is 39.9 Å². The Morgan fingerprint density at radius 1 is 1.07 bits per heavy atom. The van der Waals surface area contributed by atoms with Crippen molar-refractivity contribution in [3.05, 3.63) is 56.7 Å². The molecule has 1 aromatic heterocycles. The molecule has 1 atom stereocenters. The van der Waals surface area contributed by atoms with Gasteiger partial charge in [0.15, 0.2) is 16.6 Å². The summed E-state index contributed by atoms with van der Waals surface area (Å²) in [5, 5.41) is 10.5. The van der Waals surface area contributed by atoms with Crippen LogP contribution in [0.1, 0.15) is 43.1 Å². The number of nitrogens with one attached hydrogen (secondary N) is 3. The van der Waals surface area contributed by atoms with E-state index in [1.54, 1.807) is 31.5 Å². The van der Waals surface area contributed by atoms with E-state index >= 15 is 0 Å². The van der Waals surface area contributed by atoms with Crippen molar-refractivity contribution in [2.24, 2.45) is 0 Å². The number of rotatable bonds is 11. The summed E-state index contributed by atoms with van der Waals surface area (Å²) in [7, 11) is 4.59. The first kappa shape index (κ1) is 31.3. The first-order valence-electron chi connectivity index (χ1n) is 13.6. The normalized spacial score (nSPS) is 13.5. The molecule has 2 amide bonds. The summed E-state index contributed by atoms with van der Waals surface area (Å²) in [5.74, 6) is 0.299. The van der Waals surface area contributed by atoms with Crippen LogP contribution >= 0.6 is 11.3 Å². The molecule has 1 aliphatic rings. The Morgan fingerprint density at radius 2 is 1.84 bits per heavy atom. The fraction of sp³-hybridized carbons (Fsp3) is 0.367. The number of esters is 1. The van der Waals surface area contributed by atoms with Gasteiger partial charge >= 0.3 is 5.97 Å². The molecule has 3 aromatic rings. The molecular weight excluding hydrogens is 576 g/mol. The number of carbonyl (C=O) groups is 3. The van der Waals surface area contributed by atoms with E-state index in [0.717, 1.165) is 11.1 Å². The summed E-state index contributed by atoms with van der Waals surface area (Å²) >= 11 is 1.18. The summed E-state index contributed by atoms with van der Waals surface area (Å²) in [6.07, 6.45) is 1.11. The lowest BCUT2D eigenvalue weighted by atomic mass is 9.95. The Bertz CT molecular complexity index is 1590. The lowest BCUT2D eigenvalue weighted by Gasteiger charge is -2.19. The van der Waals surface area contributed by atoms with Gasteiger partial charge in [-0.2, -0.15) is 0 Å². The molecule has 4 rings (SSSR count). The maximum atomic E-state index is 13.4. The summed E-state index contributed by atoms with van der Waals surface area (Å²) in [5.41, 5.74) is 3.23. The summed E-state index contributed by atoms with van der Waals surface area (Å²) in [6.45, 7) is 3.22. The van der Waals surface area contributed by atoms with Gasteiger partial charge in [-0.05, 0) is 54.7 Å². The van der Waals surface area contributed by atoms with Crippen LogP contribution < -0.4 is 35.6 Å². The fourth-order valence-corrected chi connectivity index (χ4v) is 5.72. The molecule has 3 N–H and O–H groups in total. The van der Waals surface area contributed by atoms with E-state index in [0.29, 0.717) is 52.0 Å². The molecule has 0 saturated heterocycles. The quantitative estimate of drug-likeness (QED) is 0.275. The topological polar surface area (TPSA) is 154 Å². The number of hydrogen-bond donors (Lipinski definition) is 3. The van der Waals surface area contributed by atoms with Crippen molar-refractivity contribution in [3.63, 3.8) is 0 Å². The highest BCUT2D eigenvalue weighted by Gasteiger charge is 2.29. The predicted octanol–water partition coefficient (Wildman–Crippen LogP) is 3.48. The summed E-state index contributed by atoms with van der Waals surface area (Å²) in [4.78, 5) is 54.2. The second-order valence-electron chi connectivity index (χ2n) is 9.62. The standard InChI is InChI=1S/C30H34N4O8S/c1-6-42-26(38)12-18-15-43-30(33-18)34-25(37)14-31-22-10-8-19-20(13-23(22)36)21(32-16(2)35)9-7-17-11-24(39-3)28(40-4)29(41-5)27(17)19/h8,10-11,13,15,21H,6-7,9,12,14H2,1-5H3,(H,31,36)(H,32,35)(H,33,34,37). The highest BCUT2D eigenvalue weighted by Crippen LogP contribution is 2.50. The maximum absolute atomic E-state index is 13.4. The van der Waals surface area contributed by atoms with E-state index in [1.165, 1.54) is 38.5 Å². The van der Waals surface area contributed by atoms with Gasteiger partial charge in [-0.15, -0.1) is 11.3 Å². The maximum Gasteiger partial charge on any atom is 0.311 e. The molecule has 0 spiro atoms. The molecule has 0 fully saturated rings. The molecular formula is C30H34N4O8S. The van der Waals surface area contributed by atoms with Crippen LogP contribution in [0, 0.1) is 0 Å². The molecule has 0 radical (unpaired) electrons. The van der Waals surface area contributed by atoms with Crippen LogP contribution in [0.2, 0.25) is 0 Å². The molecule has 228 valence electrons. The number of aromatic nitrogens is 1. The monoisotopic (exact) mass is 610 g/mol. The Labute approximate surface area is 252 Å². The van der Waals surface area contributed by atoms with E-state index < -0.39 is 17.9 Å². The molecule has 1 heterocycles. The smallest absolute Gasteiger partial charge is 0.311 e. The second-order valence-corrected chi connectivity index (χ2v) is 10.5. The minimum atomic E-state index is -0.452. The van der Waals surface area contributed by atoms with E-state index in [-0.39, 0.29) is 36.6 Å². The van der Waals surface area contributed by atoms with E-state index in [4.69, 9.17) is 18.9 Å². The van der Waals surface area contributed by atoms with Crippen LogP contribution in [0.3, 0.4) is 0 Å². The zero-order chi connectivity index (χ0) is 31.1. The van der Waals surface area contributed by atoms with E-state index in [9.17, 15) is 19.2 Å². The number of benzene rings is 1. The van der Waals surface area contributed by atoms with Gasteiger partial charge in [0.1, 0.15) is 0 Å². The highest BCUT2D eigenvalue weighted by molar-refractivity contribution is 7.13. The van der Waals surface area contributed by atoms with Gasteiger partial charge < -0.3 is 34.9 Å². The predicted molar refractivity (Wildman–Crippen MR) is 162 cm³/mol. The molecule has 2 aromatic carbocycles. The minimum Gasteiger partial charge on any atom is -0.493 e. The first-order valence-corrected chi connectivity index (χ1v) is 14.5. The fourth-order valence-electron chi connectivity index (χ4n) is 5.00. The third-order valence-corrected chi connectivity index (χ3v) is 7.59. The third kappa shape index (κ3) is 7.23. The number of hydrogen-bond acceptors (Lipinski definition) is 11. The molecule has 0 saturated carbocycles. The number of methoxy groups -OCH3 is 3. The van der Waals surface area contributed by atoms with Crippen LogP contribution in [0.15, 0.2) is 34.4 Å². The average molecular weight is 611 g/mol. The number of aryl methyl sites for hydroxylation is 1. The Morgan fingerprint density at radius 3 is 2.51 bits per heavy atom. The number of nitrogens with zero attached hydrogens (tertiary/aromatic N) is 1. The molecule has 43 heavy (non-hydrogen) atoms. The van der Waals surface area contributed by atoms with Gasteiger partial charge in [-0.1, -0.05) is 6.07 Å². The SMILES string of the molecule is CCOC(=O)Cc1csc(NC(=O)CNc2ccc3c(cc2=O)C(NC(C)=O)CCc2cc(OC)c(OC)c(OC)c2-3)n1. The minimum absolute atomic E-state index is 0.00916. The first-order chi connectivity index (χ1) is 20.7. The van der Waals surface area contributed by atoms with Crippen molar-refractivity contribution in [3.8, 4) is 28.4 Å². The zero-order valence-electron chi connectivity index (χ0n) is 24.6. The number of ether oxygens (including phenoxy) is 4. The largest absolute Gasteiger partial charge is 0.493 e. The van der Waals surface area contributed by atoms with Crippen molar-refractivity contribution < 1.29 is 33.3 Å². The highest BCUT2D eigenvalue weighted by atomic mass is 32.1. The molecule has 1 unspecified atom stereocenters. The van der Waals surface area contributed by atoms with Gasteiger partial charge in [-0.25, -0.2) is 4.98 Å². The molecule has 1 aliphatic carbocycles. The van der Waals surface area contributed by atoms with Gasteiger partial charge in [0.05, 0.1) is 58.3 Å². The Hall–Kier alpha value is -4.65. The van der Waals surface area contributed by atoms with Gasteiger partial charge in [-0.3, -0.25) is 19.2 Å². The van der Waals surface area contributed by atoms with Crippen LogP contribution in [-0.4, -0.2) is 57.2 Å². The third-order valence-electron chi connectivity index (χ3n) is 6.78. The lowest BCUT2D eigenvalue weighted by Crippen LogP contribution is -2.27. The number of amides is 2. The number of fused-ring (bicyclic) bond motifs is 3. The molecule has 0 aliphatic heterocycles. The van der Waals surface area contributed by atoms with Crippen LogP contribution in [-0.2, 0) is 32.0 Å². The number of anilines is 2. The number of carbonyl (C=O) groups excluding carboxylic acids is 3. The van der Waals surface area contributed by atoms with Gasteiger partial charge in [0, 0.05) is 17.9 Å². The Balaban J connectivity index is 1.65. The molecule has 12 nitrogen and oxygen atoms in total. The lowest BCUT2D eigenvalue weighted by molar-refractivity contribution is -0.142. The number of thiazole rings is 1. The van der Waals surface area contributed by atoms with Crippen molar-refractivity contribution in [1.29, 1.82) is 0 Å². The van der Waals surface area contributed by atoms with Gasteiger partial charge in [0.25, 0.3) is 0 Å². The summed E-state index contributed by atoms with van der Waals surface area (Å²) in [6, 6.07) is 6.27. The van der Waals surface area contributed by atoms with E-state index in [1.807, 2.05) is 6.07 Å². The second kappa shape index (κ2) is 14.0. The van der Waals surface area contributed by atoms with Crippen molar-refractivity contribution in [2.45, 2.75) is 39.2 Å². The van der Waals surface area contributed by atoms with Gasteiger partial charge in [0.2, 0.25) is 23.0 Å². The molecule has 13 heteroatoms. The Kier molecular flexibility index (Phi) is 10.2. The van der Waals surface area contributed by atoms with E-state index in [2.05, 4.69) is 20.9 Å². The summed E-state index contributed by atoms with van der Waals surface area (Å²) < 4.78 is 21.9. The van der Waals surface area contributed by atoms with Crippen molar-refractivity contribution in [1.82, 2.24) is 10.3 Å². The van der Waals surface area contributed by atoms with Crippen LogP contribution in [0.5, 0.6) is 17.2 Å². The average Bonchev–Trinajstić information content (AvgIpc) is 3.26. The van der Waals surface area contributed by atoms with Crippen molar-refractivity contribution in [2.75, 3.05) is 45.1 Å². The van der Waals surface area contributed by atoms with Crippen LogP contribution in [0.4, 0.5) is 10.8 Å². The van der Waals surface area contributed by atoms with Crippen LogP contribution in [0.25, 0.3) is 11.1 Å². The zero-order valence-corrected chi connectivity index (χ0v) is 25.4. The molecule has 0 bridgehead atoms.